The third-order valence-electron chi connectivity index (χ3n) is 6.31. The lowest BCUT2D eigenvalue weighted by molar-refractivity contribution is -0.142. The summed E-state index contributed by atoms with van der Waals surface area (Å²) in [5, 5.41) is 4.81. The molecular weight excluding hydrogens is 466 g/mol. The molecule has 3 rings (SSSR count). The van der Waals surface area contributed by atoms with Crippen molar-refractivity contribution < 1.29 is 19.1 Å². The molecule has 2 atom stereocenters. The van der Waals surface area contributed by atoms with Gasteiger partial charge in [-0.1, -0.05) is 72.8 Å². The van der Waals surface area contributed by atoms with Gasteiger partial charge in [-0.25, -0.2) is 4.79 Å². The first-order valence-corrected chi connectivity index (χ1v) is 12.5. The highest BCUT2D eigenvalue weighted by molar-refractivity contribution is 5.91. The van der Waals surface area contributed by atoms with E-state index >= 15 is 0 Å². The van der Waals surface area contributed by atoms with Crippen LogP contribution in [-0.4, -0.2) is 66.5 Å². The number of rotatable bonds is 8. The molecule has 0 fully saturated rings. The number of hydrogen-bond acceptors (Lipinski definition) is 4. The molecule has 3 amide bonds. The molecule has 0 aliphatic rings. The molecule has 0 radical (unpaired) electrons. The average molecular weight is 504 g/mol. The normalized spacial score (nSPS) is 12.9. The van der Waals surface area contributed by atoms with E-state index in [1.165, 1.54) is 9.80 Å². The van der Waals surface area contributed by atoms with Gasteiger partial charge in [-0.2, -0.15) is 0 Å². The zero-order valence-electron chi connectivity index (χ0n) is 22.5. The van der Waals surface area contributed by atoms with Crippen molar-refractivity contribution in [2.45, 2.75) is 51.3 Å². The van der Waals surface area contributed by atoms with Crippen LogP contribution in [0.3, 0.4) is 0 Å². The molecule has 0 bridgehead atoms. The first kappa shape index (κ1) is 27.7. The number of carbonyl (C=O) groups excluding carboxylic acids is 3. The van der Waals surface area contributed by atoms with Gasteiger partial charge in [0.15, 0.2) is 0 Å². The first-order chi connectivity index (χ1) is 17.5. The van der Waals surface area contributed by atoms with Crippen LogP contribution in [0.4, 0.5) is 4.79 Å². The lowest BCUT2D eigenvalue weighted by atomic mass is 9.98. The van der Waals surface area contributed by atoms with E-state index in [4.69, 9.17) is 4.74 Å². The molecule has 0 aliphatic carbocycles. The standard InChI is InChI=1S/C30H37N3O4/c1-30(2,3)37-29(36)33(6)26(20-22-16-17-23-14-10-11-15-24(23)18-22)28(35)32(5)25(27(34)31-4)19-21-12-8-7-9-13-21/h7-18,25-26H,19-20H2,1-6H3,(H,31,34). The van der Waals surface area contributed by atoms with Crippen LogP contribution in [0.15, 0.2) is 72.8 Å². The highest BCUT2D eigenvalue weighted by Crippen LogP contribution is 2.21. The number of likely N-dealkylation sites (N-methyl/N-ethyl adjacent to an activating group) is 3. The fraction of sp³-hybridized carbons (Fsp3) is 0.367. The predicted octanol–water partition coefficient (Wildman–Crippen LogP) is 4.43. The quantitative estimate of drug-likeness (QED) is 0.493. The van der Waals surface area contributed by atoms with E-state index in [-0.39, 0.29) is 18.2 Å². The van der Waals surface area contributed by atoms with Crippen molar-refractivity contribution in [2.75, 3.05) is 21.1 Å². The smallest absolute Gasteiger partial charge is 0.410 e. The number of fused-ring (bicyclic) bond motifs is 1. The highest BCUT2D eigenvalue weighted by atomic mass is 16.6. The number of carbonyl (C=O) groups is 3. The Morgan fingerprint density at radius 1 is 0.784 bits per heavy atom. The van der Waals surface area contributed by atoms with Crippen LogP contribution >= 0.6 is 0 Å². The average Bonchev–Trinajstić information content (AvgIpc) is 2.88. The number of hydrogen-bond donors (Lipinski definition) is 1. The van der Waals surface area contributed by atoms with E-state index < -0.39 is 23.8 Å². The highest BCUT2D eigenvalue weighted by Gasteiger charge is 2.36. The molecule has 0 aromatic heterocycles. The Morgan fingerprint density at radius 3 is 2.00 bits per heavy atom. The molecule has 7 heteroatoms. The van der Waals surface area contributed by atoms with E-state index in [2.05, 4.69) is 5.32 Å². The summed E-state index contributed by atoms with van der Waals surface area (Å²) < 4.78 is 5.58. The molecule has 0 saturated heterocycles. The number of ether oxygens (including phenoxy) is 1. The first-order valence-electron chi connectivity index (χ1n) is 12.5. The van der Waals surface area contributed by atoms with Gasteiger partial charge in [0.1, 0.15) is 17.7 Å². The van der Waals surface area contributed by atoms with Crippen LogP contribution in [0, 0.1) is 0 Å². The van der Waals surface area contributed by atoms with Crippen molar-refractivity contribution in [3.05, 3.63) is 83.9 Å². The molecule has 0 saturated carbocycles. The summed E-state index contributed by atoms with van der Waals surface area (Å²) in [4.78, 5) is 42.7. The van der Waals surface area contributed by atoms with Gasteiger partial charge in [0.2, 0.25) is 11.8 Å². The van der Waals surface area contributed by atoms with Crippen molar-refractivity contribution in [2.24, 2.45) is 0 Å². The Balaban J connectivity index is 1.94. The minimum Gasteiger partial charge on any atom is -0.444 e. The van der Waals surface area contributed by atoms with E-state index in [1.807, 2.05) is 72.8 Å². The third-order valence-corrected chi connectivity index (χ3v) is 6.31. The molecule has 2 unspecified atom stereocenters. The summed E-state index contributed by atoms with van der Waals surface area (Å²) in [7, 11) is 4.73. The summed E-state index contributed by atoms with van der Waals surface area (Å²) >= 11 is 0. The molecule has 3 aromatic carbocycles. The predicted molar refractivity (Wildman–Crippen MR) is 146 cm³/mol. The second-order valence-electron chi connectivity index (χ2n) is 10.3. The fourth-order valence-electron chi connectivity index (χ4n) is 4.24. The Morgan fingerprint density at radius 2 is 1.38 bits per heavy atom. The van der Waals surface area contributed by atoms with Crippen molar-refractivity contribution in [3.63, 3.8) is 0 Å². The molecule has 37 heavy (non-hydrogen) atoms. The van der Waals surface area contributed by atoms with Gasteiger partial charge in [0.05, 0.1) is 0 Å². The van der Waals surface area contributed by atoms with Gasteiger partial charge >= 0.3 is 6.09 Å². The summed E-state index contributed by atoms with van der Waals surface area (Å²) in [6.07, 6.45) is 0.0246. The fourth-order valence-corrected chi connectivity index (χ4v) is 4.24. The van der Waals surface area contributed by atoms with Gasteiger partial charge in [0, 0.05) is 34.0 Å². The number of nitrogens with zero attached hydrogens (tertiary/aromatic N) is 2. The van der Waals surface area contributed by atoms with Gasteiger partial charge in [-0.05, 0) is 42.7 Å². The van der Waals surface area contributed by atoms with Crippen molar-refractivity contribution >= 4 is 28.7 Å². The second-order valence-corrected chi connectivity index (χ2v) is 10.3. The van der Waals surface area contributed by atoms with E-state index in [0.717, 1.165) is 21.9 Å². The SMILES string of the molecule is CNC(=O)C(Cc1ccccc1)N(C)C(=O)C(Cc1ccc2ccccc2c1)N(C)C(=O)OC(C)(C)C. The zero-order chi connectivity index (χ0) is 27.2. The molecule has 196 valence electrons. The van der Waals surface area contributed by atoms with Crippen LogP contribution in [0.5, 0.6) is 0 Å². The second kappa shape index (κ2) is 11.9. The van der Waals surface area contributed by atoms with Crippen molar-refractivity contribution in [1.29, 1.82) is 0 Å². The Hall–Kier alpha value is -3.87. The van der Waals surface area contributed by atoms with Crippen LogP contribution in [0.1, 0.15) is 31.9 Å². The van der Waals surface area contributed by atoms with Crippen LogP contribution < -0.4 is 5.32 Å². The number of nitrogens with one attached hydrogen (secondary N) is 1. The summed E-state index contributed by atoms with van der Waals surface area (Å²) in [6.45, 7) is 5.35. The minimum atomic E-state index is -0.871. The Labute approximate surface area is 219 Å². The summed E-state index contributed by atoms with van der Waals surface area (Å²) in [5.74, 6) is -0.616. The Bertz CT molecular complexity index is 1240. The maximum Gasteiger partial charge on any atom is 0.410 e. The Kier molecular flexibility index (Phi) is 8.92. The van der Waals surface area contributed by atoms with Crippen LogP contribution in [-0.2, 0) is 27.2 Å². The number of amides is 3. The maximum atomic E-state index is 14.0. The van der Waals surface area contributed by atoms with E-state index in [9.17, 15) is 14.4 Å². The van der Waals surface area contributed by atoms with Gasteiger partial charge < -0.3 is 15.0 Å². The monoisotopic (exact) mass is 503 g/mol. The van der Waals surface area contributed by atoms with Gasteiger partial charge in [-0.3, -0.25) is 14.5 Å². The molecule has 0 spiro atoms. The molecule has 3 aromatic rings. The lowest BCUT2D eigenvalue weighted by Gasteiger charge is -2.35. The van der Waals surface area contributed by atoms with E-state index in [0.29, 0.717) is 6.42 Å². The summed E-state index contributed by atoms with van der Waals surface area (Å²) in [6, 6.07) is 21.9. The van der Waals surface area contributed by atoms with Crippen molar-refractivity contribution in [1.82, 2.24) is 15.1 Å². The molecule has 0 heterocycles. The molecular formula is C30H37N3O4. The van der Waals surface area contributed by atoms with Gasteiger partial charge in [-0.15, -0.1) is 0 Å². The largest absolute Gasteiger partial charge is 0.444 e. The maximum absolute atomic E-state index is 14.0. The lowest BCUT2D eigenvalue weighted by Crippen LogP contribution is -2.56. The van der Waals surface area contributed by atoms with Gasteiger partial charge in [0.25, 0.3) is 0 Å². The molecule has 1 N–H and O–H groups in total. The number of benzene rings is 3. The topological polar surface area (TPSA) is 79.0 Å². The third kappa shape index (κ3) is 7.32. The zero-order valence-corrected chi connectivity index (χ0v) is 22.5. The molecule has 0 aliphatic heterocycles. The molecule has 7 nitrogen and oxygen atoms in total. The van der Waals surface area contributed by atoms with Crippen LogP contribution in [0.25, 0.3) is 10.8 Å². The summed E-state index contributed by atoms with van der Waals surface area (Å²) in [5.41, 5.74) is 1.12. The minimum absolute atomic E-state index is 0.273. The van der Waals surface area contributed by atoms with Crippen LogP contribution in [0.2, 0.25) is 0 Å². The van der Waals surface area contributed by atoms with E-state index in [1.54, 1.807) is 41.9 Å². The van der Waals surface area contributed by atoms with Crippen molar-refractivity contribution in [3.8, 4) is 0 Å².